The van der Waals surface area contributed by atoms with E-state index in [1.54, 1.807) is 0 Å². The van der Waals surface area contributed by atoms with Crippen LogP contribution in [0.4, 0.5) is 0 Å². The first-order valence-electron chi connectivity index (χ1n) is 11.6. The molecule has 0 saturated heterocycles. The van der Waals surface area contributed by atoms with Gasteiger partial charge in [0.2, 0.25) is 0 Å². The Hall–Kier alpha value is -2.16. The molecular weight excluding hydrogens is 392 g/mol. The summed E-state index contributed by atoms with van der Waals surface area (Å²) in [6.07, 6.45) is 3.26. The van der Waals surface area contributed by atoms with E-state index in [2.05, 4.69) is 125 Å². The van der Waals surface area contributed by atoms with E-state index in [1.807, 2.05) is 0 Å². The van der Waals surface area contributed by atoms with E-state index in [1.165, 1.54) is 16.7 Å². The van der Waals surface area contributed by atoms with Crippen molar-refractivity contribution >= 4 is 8.32 Å². The molecule has 0 spiro atoms. The van der Waals surface area contributed by atoms with Crippen molar-refractivity contribution < 1.29 is 4.43 Å². The lowest BCUT2D eigenvalue weighted by molar-refractivity contribution is 0.274. The van der Waals surface area contributed by atoms with Gasteiger partial charge in [0.1, 0.15) is 0 Å². The molecule has 0 aromatic heterocycles. The normalized spacial score (nSPS) is 12.7. The fourth-order valence-corrected chi connectivity index (χ4v) is 5.22. The van der Waals surface area contributed by atoms with Crippen molar-refractivity contribution in [2.24, 2.45) is 0 Å². The van der Waals surface area contributed by atoms with Gasteiger partial charge in [-0.05, 0) is 54.1 Å². The molecule has 0 heterocycles. The SMILES string of the molecule is CC(C)(C)[Si](C)(C)OCCCCC(c1ccccc1)(c1ccccc1)c1ccccc1. The smallest absolute Gasteiger partial charge is 0.191 e. The van der Waals surface area contributed by atoms with Gasteiger partial charge in [0.25, 0.3) is 0 Å². The monoisotopic (exact) mass is 430 g/mol. The van der Waals surface area contributed by atoms with Crippen molar-refractivity contribution in [1.29, 1.82) is 0 Å². The molecule has 3 rings (SSSR count). The van der Waals surface area contributed by atoms with Gasteiger partial charge in [-0.2, -0.15) is 0 Å². The maximum atomic E-state index is 6.46. The summed E-state index contributed by atoms with van der Waals surface area (Å²) in [6.45, 7) is 12.5. The molecule has 0 aliphatic rings. The van der Waals surface area contributed by atoms with E-state index in [0.29, 0.717) is 0 Å². The fraction of sp³-hybridized carbons (Fsp3) is 0.379. The minimum atomic E-state index is -1.69. The highest BCUT2D eigenvalue weighted by molar-refractivity contribution is 6.74. The second kappa shape index (κ2) is 9.97. The first kappa shape index (κ1) is 23.5. The Kier molecular flexibility index (Phi) is 7.56. The van der Waals surface area contributed by atoms with E-state index in [-0.39, 0.29) is 10.5 Å². The lowest BCUT2D eigenvalue weighted by Crippen LogP contribution is -2.41. The molecule has 0 unspecified atom stereocenters. The Balaban J connectivity index is 1.88. The van der Waals surface area contributed by atoms with Crippen molar-refractivity contribution in [3.63, 3.8) is 0 Å². The molecule has 3 aromatic carbocycles. The molecule has 0 fully saturated rings. The Bertz CT molecular complexity index is 815. The Labute approximate surface area is 190 Å². The summed E-state index contributed by atoms with van der Waals surface area (Å²) in [4.78, 5) is 0. The number of unbranched alkanes of at least 4 members (excludes halogenated alkanes) is 1. The Morgan fingerprint density at radius 2 is 1.00 bits per heavy atom. The molecule has 0 N–H and O–H groups in total. The Morgan fingerprint density at radius 3 is 1.35 bits per heavy atom. The molecule has 2 heteroatoms. The highest BCUT2D eigenvalue weighted by Crippen LogP contribution is 2.43. The van der Waals surface area contributed by atoms with Crippen LogP contribution in [0.3, 0.4) is 0 Å². The van der Waals surface area contributed by atoms with Crippen molar-refractivity contribution in [1.82, 2.24) is 0 Å². The summed E-state index contributed by atoms with van der Waals surface area (Å²) in [5.74, 6) is 0. The highest BCUT2D eigenvalue weighted by Gasteiger charge is 2.38. The lowest BCUT2D eigenvalue weighted by Gasteiger charge is -2.37. The van der Waals surface area contributed by atoms with Gasteiger partial charge in [-0.1, -0.05) is 112 Å². The summed E-state index contributed by atoms with van der Waals surface area (Å²) in [5, 5.41) is 0.259. The average molecular weight is 431 g/mol. The summed E-state index contributed by atoms with van der Waals surface area (Å²) in [5.41, 5.74) is 3.92. The molecule has 0 amide bonds. The molecule has 0 saturated carbocycles. The van der Waals surface area contributed by atoms with Gasteiger partial charge in [0, 0.05) is 12.0 Å². The van der Waals surface area contributed by atoms with Crippen LogP contribution in [-0.2, 0) is 9.84 Å². The van der Waals surface area contributed by atoms with Crippen LogP contribution in [0.15, 0.2) is 91.0 Å². The second-order valence-corrected chi connectivity index (χ2v) is 14.9. The first-order valence-corrected chi connectivity index (χ1v) is 14.5. The summed E-state index contributed by atoms with van der Waals surface area (Å²) in [6, 6.07) is 33.0. The number of hydrogen-bond donors (Lipinski definition) is 0. The van der Waals surface area contributed by atoms with Crippen molar-refractivity contribution in [3.8, 4) is 0 Å². The van der Waals surface area contributed by atoms with Crippen LogP contribution in [0.2, 0.25) is 18.1 Å². The molecule has 0 aliphatic heterocycles. The van der Waals surface area contributed by atoms with Crippen molar-refractivity contribution in [3.05, 3.63) is 108 Å². The predicted octanol–water partition coefficient (Wildman–Crippen LogP) is 8.21. The zero-order valence-corrected chi connectivity index (χ0v) is 20.9. The average Bonchev–Trinajstić information content (AvgIpc) is 2.77. The van der Waals surface area contributed by atoms with Crippen LogP contribution in [0, 0.1) is 0 Å². The first-order chi connectivity index (χ1) is 14.8. The molecule has 31 heavy (non-hydrogen) atoms. The molecule has 164 valence electrons. The maximum Gasteiger partial charge on any atom is 0.191 e. The second-order valence-electron chi connectivity index (χ2n) is 10.1. The van der Waals surface area contributed by atoms with Crippen LogP contribution in [0.5, 0.6) is 0 Å². The molecule has 3 aromatic rings. The zero-order valence-electron chi connectivity index (χ0n) is 19.9. The van der Waals surface area contributed by atoms with E-state index >= 15 is 0 Å². The summed E-state index contributed by atoms with van der Waals surface area (Å²) >= 11 is 0. The Morgan fingerprint density at radius 1 is 0.613 bits per heavy atom. The largest absolute Gasteiger partial charge is 0.417 e. The molecule has 1 nitrogen and oxygen atoms in total. The topological polar surface area (TPSA) is 9.23 Å². The zero-order chi connectivity index (χ0) is 22.4. The third kappa shape index (κ3) is 5.37. The van der Waals surface area contributed by atoms with E-state index in [9.17, 15) is 0 Å². The van der Waals surface area contributed by atoms with Gasteiger partial charge in [0.15, 0.2) is 8.32 Å². The van der Waals surface area contributed by atoms with Gasteiger partial charge in [-0.3, -0.25) is 0 Å². The van der Waals surface area contributed by atoms with Crippen LogP contribution in [-0.4, -0.2) is 14.9 Å². The molecular formula is C29H38OSi. The van der Waals surface area contributed by atoms with Crippen molar-refractivity contribution in [2.45, 2.75) is 63.6 Å². The minimum Gasteiger partial charge on any atom is -0.417 e. The standard InChI is InChI=1S/C29H38OSi/c1-28(2,3)31(4,5)30-24-16-15-23-29(25-17-9-6-10-18-25,26-19-11-7-12-20-26)27-21-13-8-14-22-27/h6-14,17-22H,15-16,23-24H2,1-5H3. The predicted molar refractivity (Wildman–Crippen MR) is 136 cm³/mol. The van der Waals surface area contributed by atoms with Gasteiger partial charge >= 0.3 is 0 Å². The van der Waals surface area contributed by atoms with E-state index in [0.717, 1.165) is 25.9 Å². The van der Waals surface area contributed by atoms with Crippen LogP contribution in [0.25, 0.3) is 0 Å². The third-order valence-electron chi connectivity index (χ3n) is 7.01. The van der Waals surface area contributed by atoms with E-state index in [4.69, 9.17) is 4.43 Å². The lowest BCUT2D eigenvalue weighted by atomic mass is 9.66. The minimum absolute atomic E-state index is 0.152. The van der Waals surface area contributed by atoms with Crippen LogP contribution < -0.4 is 0 Å². The van der Waals surface area contributed by atoms with E-state index < -0.39 is 8.32 Å². The third-order valence-corrected chi connectivity index (χ3v) is 11.6. The van der Waals surface area contributed by atoms with Gasteiger partial charge in [0.05, 0.1) is 0 Å². The summed E-state index contributed by atoms with van der Waals surface area (Å²) < 4.78 is 6.46. The van der Waals surface area contributed by atoms with Crippen molar-refractivity contribution in [2.75, 3.05) is 6.61 Å². The fourth-order valence-electron chi connectivity index (χ4n) is 4.14. The highest BCUT2D eigenvalue weighted by atomic mass is 28.4. The molecule has 0 aliphatic carbocycles. The number of rotatable bonds is 9. The quantitative estimate of drug-likeness (QED) is 0.189. The summed E-state index contributed by atoms with van der Waals surface area (Å²) in [7, 11) is -1.69. The molecule has 0 atom stereocenters. The number of hydrogen-bond acceptors (Lipinski definition) is 1. The molecule has 0 bridgehead atoms. The maximum absolute atomic E-state index is 6.46. The van der Waals surface area contributed by atoms with Gasteiger partial charge in [-0.15, -0.1) is 0 Å². The van der Waals surface area contributed by atoms with Crippen LogP contribution in [0.1, 0.15) is 56.7 Å². The van der Waals surface area contributed by atoms with Crippen LogP contribution >= 0.6 is 0 Å². The molecule has 0 radical (unpaired) electrons. The van der Waals surface area contributed by atoms with Gasteiger partial charge in [-0.25, -0.2) is 0 Å². The number of benzene rings is 3. The van der Waals surface area contributed by atoms with Gasteiger partial charge < -0.3 is 4.43 Å².